The number of ether oxygens (including phenoxy) is 1. The molecule has 0 aromatic heterocycles. The Morgan fingerprint density at radius 3 is 2.80 bits per heavy atom. The number of hydrogen-bond acceptors (Lipinski definition) is 2. The maximum Gasteiger partial charge on any atom is 0.118 e. The van der Waals surface area contributed by atoms with Crippen LogP contribution in [-0.2, 0) is 6.42 Å². The molecule has 1 aromatic rings. The molecular weight excluding hydrogens is 188 g/mol. The van der Waals surface area contributed by atoms with E-state index in [2.05, 4.69) is 22.8 Å². The summed E-state index contributed by atoms with van der Waals surface area (Å²) in [4.78, 5) is 0. The van der Waals surface area contributed by atoms with Gasteiger partial charge in [-0.3, -0.25) is 0 Å². The van der Waals surface area contributed by atoms with Crippen LogP contribution in [0.25, 0.3) is 0 Å². The van der Waals surface area contributed by atoms with Gasteiger partial charge in [0.05, 0.1) is 7.11 Å². The molecule has 1 unspecified atom stereocenters. The maximum atomic E-state index is 5.13. The molecule has 0 saturated carbocycles. The summed E-state index contributed by atoms with van der Waals surface area (Å²) in [6.07, 6.45) is 1.05. The molecule has 3 heteroatoms. The first-order valence-corrected chi connectivity index (χ1v) is 5.38. The van der Waals surface area contributed by atoms with Gasteiger partial charge in [0.2, 0.25) is 0 Å². The van der Waals surface area contributed by atoms with Crippen molar-refractivity contribution in [1.29, 1.82) is 0 Å². The van der Waals surface area contributed by atoms with Gasteiger partial charge in [0.15, 0.2) is 0 Å². The van der Waals surface area contributed by atoms with Crippen LogP contribution in [0.3, 0.4) is 0 Å². The molecule has 81 valence electrons. The van der Waals surface area contributed by atoms with Crippen LogP contribution in [0.5, 0.6) is 5.75 Å². The number of nitrogens with one attached hydrogen (secondary N) is 1. The maximum absolute atomic E-state index is 5.13. The van der Waals surface area contributed by atoms with Crippen LogP contribution in [-0.4, -0.2) is 32.8 Å². The molecule has 1 aliphatic heterocycles. The summed E-state index contributed by atoms with van der Waals surface area (Å²) in [5, 5.41) is 7.87. The first-order chi connectivity index (χ1) is 7.38. The molecule has 1 aromatic carbocycles. The Bertz CT molecular complexity index is 291. The topological polar surface area (TPSA) is 35.4 Å². The number of nitrogens with zero attached hydrogens (tertiary/aromatic N) is 1. The minimum Gasteiger partial charge on any atom is -0.497 e. The predicted octanol–water partition coefficient (Wildman–Crippen LogP) is 0.814. The van der Waals surface area contributed by atoms with Gasteiger partial charge in [-0.1, -0.05) is 12.1 Å². The van der Waals surface area contributed by atoms with Crippen molar-refractivity contribution in [2.24, 2.45) is 0 Å². The molecule has 1 aliphatic rings. The fourth-order valence-corrected chi connectivity index (χ4v) is 1.84. The van der Waals surface area contributed by atoms with E-state index in [1.165, 1.54) is 5.56 Å². The van der Waals surface area contributed by atoms with Gasteiger partial charge in [-0.15, -0.1) is 0 Å². The summed E-state index contributed by atoms with van der Waals surface area (Å²) >= 11 is 0. The molecule has 1 N–H and O–H groups in total. The van der Waals surface area contributed by atoms with Crippen LogP contribution < -0.4 is 15.4 Å². The summed E-state index contributed by atoms with van der Waals surface area (Å²) < 4.78 is 5.13. The molecule has 0 spiro atoms. The van der Waals surface area contributed by atoms with Crippen molar-refractivity contribution >= 4 is 0 Å². The van der Waals surface area contributed by atoms with Crippen LogP contribution in [0.1, 0.15) is 5.56 Å². The second kappa shape index (κ2) is 5.14. The molecular formula is C12H17N2O. The molecule has 1 radical (unpaired) electrons. The number of benzene rings is 1. The van der Waals surface area contributed by atoms with E-state index in [-0.39, 0.29) is 0 Å². The average Bonchev–Trinajstić information content (AvgIpc) is 2.31. The fraction of sp³-hybridized carbons (Fsp3) is 0.500. The summed E-state index contributed by atoms with van der Waals surface area (Å²) in [6.45, 7) is 2.91. The SMILES string of the molecule is COc1ccc(CC2C[N]CCN2)cc1. The predicted molar refractivity (Wildman–Crippen MR) is 60.4 cm³/mol. The first kappa shape index (κ1) is 10.5. The number of methoxy groups -OCH3 is 1. The largest absolute Gasteiger partial charge is 0.497 e. The molecule has 1 fully saturated rings. The fourth-order valence-electron chi connectivity index (χ4n) is 1.84. The lowest BCUT2D eigenvalue weighted by molar-refractivity contribution is 0.408. The van der Waals surface area contributed by atoms with Gasteiger partial charge < -0.3 is 10.1 Å². The monoisotopic (exact) mass is 205 g/mol. The Kier molecular flexibility index (Phi) is 3.59. The standard InChI is InChI=1S/C12H17N2O/c1-15-12-4-2-10(3-5-12)8-11-9-13-6-7-14-11/h2-5,11,14H,6-9H2,1H3. The first-order valence-electron chi connectivity index (χ1n) is 5.38. The van der Waals surface area contributed by atoms with Crippen LogP contribution in [0.4, 0.5) is 0 Å². The molecule has 2 rings (SSSR count). The zero-order valence-corrected chi connectivity index (χ0v) is 9.07. The zero-order valence-electron chi connectivity index (χ0n) is 9.07. The smallest absolute Gasteiger partial charge is 0.118 e. The third kappa shape index (κ3) is 2.94. The van der Waals surface area contributed by atoms with Crippen molar-refractivity contribution in [3.63, 3.8) is 0 Å². The second-order valence-electron chi connectivity index (χ2n) is 3.83. The van der Waals surface area contributed by atoms with Crippen molar-refractivity contribution in [3.05, 3.63) is 29.8 Å². The van der Waals surface area contributed by atoms with Crippen LogP contribution in [0.15, 0.2) is 24.3 Å². The Morgan fingerprint density at radius 1 is 1.40 bits per heavy atom. The van der Waals surface area contributed by atoms with Crippen LogP contribution in [0.2, 0.25) is 0 Å². The van der Waals surface area contributed by atoms with Gasteiger partial charge in [0.25, 0.3) is 0 Å². The van der Waals surface area contributed by atoms with Gasteiger partial charge in [-0.2, -0.15) is 0 Å². The number of rotatable bonds is 3. The highest BCUT2D eigenvalue weighted by molar-refractivity contribution is 5.27. The van der Waals surface area contributed by atoms with E-state index in [0.29, 0.717) is 6.04 Å². The molecule has 1 saturated heterocycles. The van der Waals surface area contributed by atoms with Crippen molar-refractivity contribution in [2.75, 3.05) is 26.7 Å². The second-order valence-corrected chi connectivity index (χ2v) is 3.83. The van der Waals surface area contributed by atoms with Crippen molar-refractivity contribution in [3.8, 4) is 5.75 Å². The third-order valence-corrected chi connectivity index (χ3v) is 2.69. The van der Waals surface area contributed by atoms with Gasteiger partial charge >= 0.3 is 0 Å². The molecule has 15 heavy (non-hydrogen) atoms. The quantitative estimate of drug-likeness (QED) is 0.792. The summed E-state index contributed by atoms with van der Waals surface area (Å²) in [5.41, 5.74) is 1.34. The Hall–Kier alpha value is -1.06. The van der Waals surface area contributed by atoms with Crippen LogP contribution >= 0.6 is 0 Å². The number of piperazine rings is 1. The van der Waals surface area contributed by atoms with E-state index in [1.54, 1.807) is 7.11 Å². The van der Waals surface area contributed by atoms with Gasteiger partial charge in [0, 0.05) is 25.7 Å². The van der Waals surface area contributed by atoms with Crippen molar-refractivity contribution in [1.82, 2.24) is 10.6 Å². The van der Waals surface area contributed by atoms with Crippen molar-refractivity contribution < 1.29 is 4.74 Å². The summed E-state index contributed by atoms with van der Waals surface area (Å²) in [7, 11) is 1.69. The highest BCUT2D eigenvalue weighted by Crippen LogP contribution is 2.12. The van der Waals surface area contributed by atoms with E-state index < -0.39 is 0 Å². The van der Waals surface area contributed by atoms with Crippen LogP contribution in [0, 0.1) is 0 Å². The van der Waals surface area contributed by atoms with E-state index in [4.69, 9.17) is 4.74 Å². The normalized spacial score (nSPS) is 21.3. The lowest BCUT2D eigenvalue weighted by Gasteiger charge is -2.23. The van der Waals surface area contributed by atoms with E-state index in [1.807, 2.05) is 12.1 Å². The van der Waals surface area contributed by atoms with Gasteiger partial charge in [-0.05, 0) is 24.1 Å². The molecule has 0 bridgehead atoms. The van der Waals surface area contributed by atoms with Crippen molar-refractivity contribution in [2.45, 2.75) is 12.5 Å². The molecule has 1 atom stereocenters. The van der Waals surface area contributed by atoms with E-state index in [9.17, 15) is 0 Å². The minimum atomic E-state index is 0.507. The van der Waals surface area contributed by atoms with E-state index >= 15 is 0 Å². The molecule has 0 amide bonds. The number of hydrogen-bond donors (Lipinski definition) is 1. The lowest BCUT2D eigenvalue weighted by Crippen LogP contribution is -2.46. The molecule has 1 heterocycles. The highest BCUT2D eigenvalue weighted by Gasteiger charge is 2.12. The minimum absolute atomic E-state index is 0.507. The average molecular weight is 205 g/mol. The van der Waals surface area contributed by atoms with Gasteiger partial charge in [-0.25, -0.2) is 5.32 Å². The summed E-state index contributed by atoms with van der Waals surface area (Å²) in [5.74, 6) is 0.917. The third-order valence-electron chi connectivity index (χ3n) is 2.69. The Morgan fingerprint density at radius 2 is 2.20 bits per heavy atom. The van der Waals surface area contributed by atoms with Gasteiger partial charge in [0.1, 0.15) is 5.75 Å². The molecule has 3 nitrogen and oxygen atoms in total. The summed E-state index contributed by atoms with van der Waals surface area (Å²) in [6, 6.07) is 8.77. The molecule has 0 aliphatic carbocycles. The highest BCUT2D eigenvalue weighted by atomic mass is 16.5. The Balaban J connectivity index is 1.91. The zero-order chi connectivity index (χ0) is 10.5. The Labute approximate surface area is 90.8 Å². The lowest BCUT2D eigenvalue weighted by atomic mass is 10.0. The van der Waals surface area contributed by atoms with E-state index in [0.717, 1.165) is 31.8 Å².